The van der Waals surface area contributed by atoms with Crippen LogP contribution in [0.2, 0.25) is 0 Å². The first-order valence-corrected chi connectivity index (χ1v) is 6.41. The summed E-state index contributed by atoms with van der Waals surface area (Å²) in [5.41, 5.74) is 0.252. The van der Waals surface area contributed by atoms with Gasteiger partial charge in [-0.1, -0.05) is 6.42 Å². The van der Waals surface area contributed by atoms with Crippen molar-refractivity contribution >= 4 is 0 Å². The monoisotopic (exact) mass is 212 g/mol. The summed E-state index contributed by atoms with van der Waals surface area (Å²) in [6, 6.07) is 1.55. The molecule has 1 saturated heterocycles. The maximum Gasteiger partial charge on any atom is 0.0113 e. The summed E-state index contributed by atoms with van der Waals surface area (Å²) < 4.78 is 0. The standard InChI is InChI=1S/C13H28N2/c1-11-7-6-8-12(2)15(11)10-9-14-13(3,4)5/h11-12,14H,6-10H2,1-5H3/t11-,12+. The molecule has 0 aromatic heterocycles. The van der Waals surface area contributed by atoms with Gasteiger partial charge in [-0.2, -0.15) is 0 Å². The Morgan fingerprint density at radius 1 is 1.13 bits per heavy atom. The Kier molecular flexibility index (Phi) is 4.60. The summed E-state index contributed by atoms with van der Waals surface area (Å²) in [6.45, 7) is 13.7. The molecule has 0 spiro atoms. The fourth-order valence-electron chi connectivity index (χ4n) is 2.48. The van der Waals surface area contributed by atoms with Gasteiger partial charge in [0.15, 0.2) is 0 Å². The third-order valence-corrected chi connectivity index (χ3v) is 3.40. The molecule has 0 aromatic rings. The Hall–Kier alpha value is -0.0800. The van der Waals surface area contributed by atoms with Crippen molar-refractivity contribution in [3.63, 3.8) is 0 Å². The Morgan fingerprint density at radius 3 is 2.13 bits per heavy atom. The summed E-state index contributed by atoms with van der Waals surface area (Å²) in [4.78, 5) is 2.66. The van der Waals surface area contributed by atoms with Crippen molar-refractivity contribution in [2.45, 2.75) is 71.5 Å². The van der Waals surface area contributed by atoms with Crippen LogP contribution in [0, 0.1) is 0 Å². The molecule has 90 valence electrons. The number of nitrogens with one attached hydrogen (secondary N) is 1. The molecule has 2 heteroatoms. The average molecular weight is 212 g/mol. The fraction of sp³-hybridized carbons (Fsp3) is 1.00. The molecule has 1 fully saturated rings. The smallest absolute Gasteiger partial charge is 0.0113 e. The molecular formula is C13H28N2. The van der Waals surface area contributed by atoms with E-state index < -0.39 is 0 Å². The second kappa shape index (κ2) is 5.31. The fourth-order valence-corrected chi connectivity index (χ4v) is 2.48. The second-order valence-electron chi connectivity index (χ2n) is 6.04. The maximum absolute atomic E-state index is 3.57. The molecule has 2 nitrogen and oxygen atoms in total. The van der Waals surface area contributed by atoms with E-state index >= 15 is 0 Å². The van der Waals surface area contributed by atoms with Gasteiger partial charge < -0.3 is 5.32 Å². The molecule has 1 rings (SSSR count). The number of piperidine rings is 1. The van der Waals surface area contributed by atoms with E-state index in [1.54, 1.807) is 0 Å². The zero-order chi connectivity index (χ0) is 11.5. The van der Waals surface area contributed by atoms with Gasteiger partial charge in [0.05, 0.1) is 0 Å². The van der Waals surface area contributed by atoms with Crippen LogP contribution in [0.1, 0.15) is 53.9 Å². The molecule has 1 heterocycles. The van der Waals surface area contributed by atoms with E-state index in [9.17, 15) is 0 Å². The Balaban J connectivity index is 2.29. The Morgan fingerprint density at radius 2 is 1.67 bits per heavy atom. The normalized spacial score (nSPS) is 29.4. The number of nitrogens with zero attached hydrogens (tertiary/aromatic N) is 1. The Labute approximate surface area is 95.4 Å². The van der Waals surface area contributed by atoms with Gasteiger partial charge in [-0.15, -0.1) is 0 Å². The quantitative estimate of drug-likeness (QED) is 0.773. The number of hydrogen-bond donors (Lipinski definition) is 1. The zero-order valence-corrected chi connectivity index (χ0v) is 11.1. The van der Waals surface area contributed by atoms with Crippen LogP contribution in [0.3, 0.4) is 0 Å². The van der Waals surface area contributed by atoms with Gasteiger partial charge in [0, 0.05) is 30.7 Å². The molecule has 15 heavy (non-hydrogen) atoms. The minimum atomic E-state index is 0.252. The number of rotatable bonds is 3. The molecule has 1 aliphatic rings. The van der Waals surface area contributed by atoms with Gasteiger partial charge in [-0.05, 0) is 47.5 Å². The van der Waals surface area contributed by atoms with Crippen LogP contribution in [-0.2, 0) is 0 Å². The minimum absolute atomic E-state index is 0.252. The van der Waals surface area contributed by atoms with Crippen LogP contribution in [0.5, 0.6) is 0 Å². The van der Waals surface area contributed by atoms with Gasteiger partial charge in [-0.3, -0.25) is 4.90 Å². The predicted molar refractivity (Wildman–Crippen MR) is 67.2 cm³/mol. The lowest BCUT2D eigenvalue weighted by Crippen LogP contribution is -2.48. The first kappa shape index (κ1) is 13.0. The van der Waals surface area contributed by atoms with Gasteiger partial charge >= 0.3 is 0 Å². The lowest BCUT2D eigenvalue weighted by atomic mass is 9.97. The van der Waals surface area contributed by atoms with Gasteiger partial charge in [0.1, 0.15) is 0 Å². The molecule has 1 N–H and O–H groups in total. The molecular weight excluding hydrogens is 184 g/mol. The van der Waals surface area contributed by atoms with E-state index in [1.807, 2.05) is 0 Å². The molecule has 0 unspecified atom stereocenters. The first-order chi connectivity index (χ1) is 6.90. The molecule has 2 atom stereocenters. The molecule has 0 bridgehead atoms. The molecule has 0 aromatic carbocycles. The van der Waals surface area contributed by atoms with Crippen LogP contribution in [-0.4, -0.2) is 35.6 Å². The van der Waals surface area contributed by atoms with Crippen molar-refractivity contribution in [3.05, 3.63) is 0 Å². The van der Waals surface area contributed by atoms with E-state index in [0.29, 0.717) is 0 Å². The molecule has 0 radical (unpaired) electrons. The summed E-state index contributed by atoms with van der Waals surface area (Å²) in [7, 11) is 0. The van der Waals surface area contributed by atoms with Gasteiger partial charge in [0.2, 0.25) is 0 Å². The summed E-state index contributed by atoms with van der Waals surface area (Å²) in [5, 5.41) is 3.57. The summed E-state index contributed by atoms with van der Waals surface area (Å²) in [5.74, 6) is 0. The van der Waals surface area contributed by atoms with Crippen LogP contribution in [0.25, 0.3) is 0 Å². The molecule has 1 aliphatic heterocycles. The van der Waals surface area contributed by atoms with Crippen molar-refractivity contribution < 1.29 is 0 Å². The van der Waals surface area contributed by atoms with Crippen LogP contribution >= 0.6 is 0 Å². The third kappa shape index (κ3) is 4.52. The Bertz CT molecular complexity index is 173. The van der Waals surface area contributed by atoms with Crippen molar-refractivity contribution in [1.29, 1.82) is 0 Å². The first-order valence-electron chi connectivity index (χ1n) is 6.41. The highest BCUT2D eigenvalue weighted by Crippen LogP contribution is 2.21. The topological polar surface area (TPSA) is 15.3 Å². The van der Waals surface area contributed by atoms with Gasteiger partial charge in [-0.25, -0.2) is 0 Å². The predicted octanol–water partition coefficient (Wildman–Crippen LogP) is 2.64. The van der Waals surface area contributed by atoms with Crippen molar-refractivity contribution in [2.24, 2.45) is 0 Å². The van der Waals surface area contributed by atoms with E-state index in [2.05, 4.69) is 44.8 Å². The lowest BCUT2D eigenvalue weighted by molar-refractivity contribution is 0.102. The average Bonchev–Trinajstić information content (AvgIpc) is 2.08. The van der Waals surface area contributed by atoms with Crippen molar-refractivity contribution in [1.82, 2.24) is 10.2 Å². The highest BCUT2D eigenvalue weighted by Gasteiger charge is 2.24. The minimum Gasteiger partial charge on any atom is -0.311 e. The van der Waals surface area contributed by atoms with Gasteiger partial charge in [0.25, 0.3) is 0 Å². The largest absolute Gasteiger partial charge is 0.311 e. The van der Waals surface area contributed by atoms with Crippen LogP contribution < -0.4 is 5.32 Å². The van der Waals surface area contributed by atoms with E-state index in [1.165, 1.54) is 25.8 Å². The van der Waals surface area contributed by atoms with E-state index in [4.69, 9.17) is 0 Å². The molecule has 0 saturated carbocycles. The molecule has 0 amide bonds. The highest BCUT2D eigenvalue weighted by atomic mass is 15.2. The number of likely N-dealkylation sites (tertiary alicyclic amines) is 1. The summed E-state index contributed by atoms with van der Waals surface area (Å²) in [6.07, 6.45) is 4.16. The van der Waals surface area contributed by atoms with Crippen LogP contribution in [0.15, 0.2) is 0 Å². The van der Waals surface area contributed by atoms with Crippen molar-refractivity contribution in [2.75, 3.05) is 13.1 Å². The van der Waals surface area contributed by atoms with E-state index in [0.717, 1.165) is 18.6 Å². The number of hydrogen-bond acceptors (Lipinski definition) is 2. The third-order valence-electron chi connectivity index (χ3n) is 3.40. The lowest BCUT2D eigenvalue weighted by Gasteiger charge is -2.39. The van der Waals surface area contributed by atoms with Crippen LogP contribution in [0.4, 0.5) is 0 Å². The molecule has 0 aliphatic carbocycles. The summed E-state index contributed by atoms with van der Waals surface area (Å²) >= 11 is 0. The second-order valence-corrected chi connectivity index (χ2v) is 6.04. The van der Waals surface area contributed by atoms with Crippen molar-refractivity contribution in [3.8, 4) is 0 Å². The highest BCUT2D eigenvalue weighted by molar-refractivity contribution is 4.81. The maximum atomic E-state index is 3.57. The SMILES string of the molecule is C[C@@H]1CCC[C@H](C)N1CCNC(C)(C)C. The van der Waals surface area contributed by atoms with E-state index in [-0.39, 0.29) is 5.54 Å². The zero-order valence-electron chi connectivity index (χ0n) is 11.1.